The molecule has 4 nitrogen and oxygen atoms in total. The van der Waals surface area contributed by atoms with Crippen molar-refractivity contribution in [1.82, 2.24) is 19.8 Å². The Kier molecular flexibility index (Phi) is 5.08. The van der Waals surface area contributed by atoms with Crippen LogP contribution in [-0.4, -0.2) is 52.0 Å². The summed E-state index contributed by atoms with van der Waals surface area (Å²) in [5, 5.41) is 0. The van der Waals surface area contributed by atoms with Crippen molar-refractivity contribution in [2.75, 3.05) is 26.2 Å². The first-order chi connectivity index (χ1) is 11.1. The molecule has 124 valence electrons. The molecular formula is C18H25FN4. The van der Waals surface area contributed by atoms with Crippen molar-refractivity contribution >= 4 is 0 Å². The van der Waals surface area contributed by atoms with E-state index < -0.39 is 0 Å². The van der Waals surface area contributed by atoms with E-state index in [2.05, 4.69) is 33.6 Å². The lowest BCUT2D eigenvalue weighted by Crippen LogP contribution is -2.34. The number of imidazole rings is 1. The number of aromatic nitrogens is 2. The average Bonchev–Trinajstić information content (AvgIpc) is 2.85. The summed E-state index contributed by atoms with van der Waals surface area (Å²) in [5.74, 6) is 0.368. The molecule has 0 amide bonds. The molecule has 1 N–H and O–H groups in total. The predicted molar refractivity (Wildman–Crippen MR) is 90.6 cm³/mol. The fourth-order valence-corrected chi connectivity index (χ4v) is 3.14. The van der Waals surface area contributed by atoms with Crippen LogP contribution in [-0.2, 0) is 6.54 Å². The van der Waals surface area contributed by atoms with Crippen LogP contribution in [0.25, 0.3) is 11.4 Å². The standard InChI is InChI=1S/C18H25FN4/c1-14(2)23-9-5-8-22(10-11-23)13-15-12-20-18(21-15)16-6-3-4-7-17(16)19/h3-4,6-7,12,14H,5,8-11,13H2,1-2H3,(H,20,21). The molecule has 0 unspecified atom stereocenters. The van der Waals surface area contributed by atoms with Crippen molar-refractivity contribution < 1.29 is 4.39 Å². The Morgan fingerprint density at radius 1 is 1.17 bits per heavy atom. The van der Waals surface area contributed by atoms with Crippen molar-refractivity contribution in [1.29, 1.82) is 0 Å². The molecule has 0 radical (unpaired) electrons. The van der Waals surface area contributed by atoms with Crippen LogP contribution in [0.3, 0.4) is 0 Å². The maximum atomic E-state index is 13.8. The highest BCUT2D eigenvalue weighted by molar-refractivity contribution is 5.55. The summed E-state index contributed by atoms with van der Waals surface area (Å²) in [5.41, 5.74) is 1.57. The van der Waals surface area contributed by atoms with E-state index in [1.165, 1.54) is 12.5 Å². The van der Waals surface area contributed by atoms with Crippen LogP contribution in [0.1, 0.15) is 26.0 Å². The highest BCUT2D eigenvalue weighted by Crippen LogP contribution is 2.20. The van der Waals surface area contributed by atoms with E-state index in [0.29, 0.717) is 17.4 Å². The highest BCUT2D eigenvalue weighted by Gasteiger charge is 2.17. The maximum Gasteiger partial charge on any atom is 0.140 e. The van der Waals surface area contributed by atoms with Crippen molar-refractivity contribution in [3.8, 4) is 11.4 Å². The first-order valence-corrected chi connectivity index (χ1v) is 8.38. The van der Waals surface area contributed by atoms with Gasteiger partial charge in [0.2, 0.25) is 0 Å². The number of aromatic amines is 1. The molecule has 23 heavy (non-hydrogen) atoms. The Balaban J connectivity index is 1.64. The van der Waals surface area contributed by atoms with Gasteiger partial charge in [-0.3, -0.25) is 9.80 Å². The minimum absolute atomic E-state index is 0.240. The van der Waals surface area contributed by atoms with Gasteiger partial charge in [0.05, 0.1) is 5.56 Å². The predicted octanol–water partition coefficient (Wildman–Crippen LogP) is 3.13. The summed E-state index contributed by atoms with van der Waals surface area (Å²) in [6.07, 6.45) is 3.01. The van der Waals surface area contributed by atoms with Crippen LogP contribution in [0.4, 0.5) is 4.39 Å². The molecule has 5 heteroatoms. The van der Waals surface area contributed by atoms with Crippen molar-refractivity contribution in [3.05, 3.63) is 42.0 Å². The Morgan fingerprint density at radius 3 is 2.78 bits per heavy atom. The smallest absolute Gasteiger partial charge is 0.140 e. The lowest BCUT2D eigenvalue weighted by molar-refractivity contribution is 0.217. The van der Waals surface area contributed by atoms with Crippen LogP contribution >= 0.6 is 0 Å². The van der Waals surface area contributed by atoms with E-state index in [1.54, 1.807) is 12.1 Å². The number of nitrogens with one attached hydrogen (secondary N) is 1. The molecule has 2 heterocycles. The van der Waals surface area contributed by atoms with E-state index in [0.717, 1.165) is 38.4 Å². The Hall–Kier alpha value is -1.72. The molecule has 1 aliphatic rings. The van der Waals surface area contributed by atoms with E-state index >= 15 is 0 Å². The molecule has 0 bridgehead atoms. The highest BCUT2D eigenvalue weighted by atomic mass is 19.1. The van der Waals surface area contributed by atoms with Gasteiger partial charge < -0.3 is 4.98 Å². The second-order valence-electron chi connectivity index (χ2n) is 6.50. The zero-order valence-corrected chi connectivity index (χ0v) is 13.9. The lowest BCUT2D eigenvalue weighted by Gasteiger charge is -2.24. The largest absolute Gasteiger partial charge is 0.341 e. The first kappa shape index (κ1) is 16.1. The fraction of sp³-hybridized carbons (Fsp3) is 0.500. The third kappa shape index (κ3) is 3.98. The van der Waals surface area contributed by atoms with E-state index in [1.807, 2.05) is 12.3 Å². The minimum Gasteiger partial charge on any atom is -0.341 e. The molecule has 0 aliphatic carbocycles. The maximum absolute atomic E-state index is 13.8. The van der Waals surface area contributed by atoms with Crippen molar-refractivity contribution in [3.63, 3.8) is 0 Å². The van der Waals surface area contributed by atoms with Crippen LogP contribution in [0.2, 0.25) is 0 Å². The molecule has 0 spiro atoms. The third-order valence-electron chi connectivity index (χ3n) is 4.50. The molecule has 0 atom stereocenters. The number of H-pyrrole nitrogens is 1. The monoisotopic (exact) mass is 316 g/mol. The molecule has 1 saturated heterocycles. The quantitative estimate of drug-likeness (QED) is 0.941. The van der Waals surface area contributed by atoms with Crippen molar-refractivity contribution in [2.45, 2.75) is 32.9 Å². The molecule has 1 aliphatic heterocycles. The lowest BCUT2D eigenvalue weighted by atomic mass is 10.2. The molecule has 2 aromatic rings. The van der Waals surface area contributed by atoms with E-state index in [4.69, 9.17) is 0 Å². The van der Waals surface area contributed by atoms with Gasteiger partial charge in [-0.15, -0.1) is 0 Å². The summed E-state index contributed by atoms with van der Waals surface area (Å²) in [6.45, 7) is 9.77. The number of hydrogen-bond donors (Lipinski definition) is 1. The Labute approximate surface area is 137 Å². The molecule has 0 saturated carbocycles. The van der Waals surface area contributed by atoms with Crippen LogP contribution in [0.5, 0.6) is 0 Å². The molecule has 1 aromatic heterocycles. The van der Waals surface area contributed by atoms with Crippen molar-refractivity contribution in [2.24, 2.45) is 0 Å². The fourth-order valence-electron chi connectivity index (χ4n) is 3.14. The normalized spacial score (nSPS) is 17.6. The van der Waals surface area contributed by atoms with Gasteiger partial charge in [0.25, 0.3) is 0 Å². The first-order valence-electron chi connectivity index (χ1n) is 8.38. The van der Waals surface area contributed by atoms with Gasteiger partial charge in [-0.1, -0.05) is 12.1 Å². The summed E-state index contributed by atoms with van der Waals surface area (Å²) in [6, 6.07) is 7.35. The summed E-state index contributed by atoms with van der Waals surface area (Å²) < 4.78 is 13.8. The number of benzene rings is 1. The second-order valence-corrected chi connectivity index (χ2v) is 6.50. The van der Waals surface area contributed by atoms with Crippen LogP contribution in [0, 0.1) is 5.82 Å². The van der Waals surface area contributed by atoms with Gasteiger partial charge >= 0.3 is 0 Å². The van der Waals surface area contributed by atoms with Gasteiger partial charge in [0, 0.05) is 37.6 Å². The van der Waals surface area contributed by atoms with E-state index in [-0.39, 0.29) is 5.82 Å². The summed E-state index contributed by atoms with van der Waals surface area (Å²) >= 11 is 0. The molecule has 1 aromatic carbocycles. The number of halogens is 1. The van der Waals surface area contributed by atoms with Gasteiger partial charge in [-0.25, -0.2) is 9.37 Å². The minimum atomic E-state index is -0.240. The van der Waals surface area contributed by atoms with Crippen LogP contribution < -0.4 is 0 Å². The summed E-state index contributed by atoms with van der Waals surface area (Å²) in [4.78, 5) is 12.6. The SMILES string of the molecule is CC(C)N1CCCN(Cc2cnc(-c3ccccc3F)[nH]2)CC1. The average molecular weight is 316 g/mol. The zero-order valence-electron chi connectivity index (χ0n) is 13.9. The van der Waals surface area contributed by atoms with Gasteiger partial charge in [0.1, 0.15) is 11.6 Å². The van der Waals surface area contributed by atoms with Gasteiger partial charge in [-0.2, -0.15) is 0 Å². The van der Waals surface area contributed by atoms with E-state index in [9.17, 15) is 4.39 Å². The number of hydrogen-bond acceptors (Lipinski definition) is 3. The summed E-state index contributed by atoms with van der Waals surface area (Å²) in [7, 11) is 0. The zero-order chi connectivity index (χ0) is 16.2. The number of rotatable bonds is 4. The molecular weight excluding hydrogens is 291 g/mol. The number of nitrogens with zero attached hydrogens (tertiary/aromatic N) is 3. The Morgan fingerprint density at radius 2 is 2.00 bits per heavy atom. The van der Waals surface area contributed by atoms with Gasteiger partial charge in [0.15, 0.2) is 0 Å². The second kappa shape index (κ2) is 7.23. The van der Waals surface area contributed by atoms with Crippen LogP contribution in [0.15, 0.2) is 30.5 Å². The third-order valence-corrected chi connectivity index (χ3v) is 4.50. The van der Waals surface area contributed by atoms with Gasteiger partial charge in [-0.05, 0) is 45.5 Å². The molecule has 1 fully saturated rings. The topological polar surface area (TPSA) is 35.2 Å². The molecule has 3 rings (SSSR count). The Bertz CT molecular complexity index is 637.